The van der Waals surface area contributed by atoms with Gasteiger partial charge in [-0.2, -0.15) is 0 Å². The highest BCUT2D eigenvalue weighted by atomic mass is 32.2. The van der Waals surface area contributed by atoms with Crippen LogP contribution in [0.2, 0.25) is 0 Å². The van der Waals surface area contributed by atoms with Crippen molar-refractivity contribution in [1.82, 2.24) is 4.98 Å². The number of nitrogens with zero attached hydrogens (tertiary/aromatic N) is 1. The molecule has 2 N–H and O–H groups in total. The first kappa shape index (κ1) is 15.4. The van der Waals surface area contributed by atoms with Crippen LogP contribution >= 0.6 is 0 Å². The summed E-state index contributed by atoms with van der Waals surface area (Å²) < 4.78 is 46.9. The van der Waals surface area contributed by atoms with E-state index in [0.717, 1.165) is 12.5 Å². The molecule has 0 amide bonds. The molecule has 0 aliphatic heterocycles. The minimum Gasteiger partial charge on any atom is -0.478 e. The van der Waals surface area contributed by atoms with Crippen molar-refractivity contribution in [2.45, 2.75) is 0 Å². The number of carboxylic acids is 1. The molecule has 0 aliphatic carbocycles. The lowest BCUT2D eigenvalue weighted by atomic mass is 10.3. The van der Waals surface area contributed by atoms with Crippen LogP contribution < -0.4 is 4.72 Å². The maximum absolute atomic E-state index is 11.5. The SMILES string of the molecule is CS(=O)(=O)CCS(=O)(=O)Nc1ccc(C(=O)O)cn1. The molecule has 0 aliphatic rings. The second-order valence-electron chi connectivity index (χ2n) is 3.79. The van der Waals surface area contributed by atoms with E-state index in [1.54, 1.807) is 0 Å². The molecule has 0 unspecified atom stereocenters. The minimum atomic E-state index is -3.84. The van der Waals surface area contributed by atoms with E-state index in [9.17, 15) is 21.6 Å². The highest BCUT2D eigenvalue weighted by Crippen LogP contribution is 2.07. The van der Waals surface area contributed by atoms with E-state index in [1.807, 2.05) is 0 Å². The molecule has 1 heterocycles. The number of sulfone groups is 1. The second-order valence-corrected chi connectivity index (χ2v) is 7.89. The number of aromatic nitrogens is 1. The van der Waals surface area contributed by atoms with Crippen molar-refractivity contribution < 1.29 is 26.7 Å². The first-order chi connectivity index (χ1) is 8.59. The van der Waals surface area contributed by atoms with Gasteiger partial charge in [-0.1, -0.05) is 0 Å². The van der Waals surface area contributed by atoms with Crippen LogP contribution in [0.1, 0.15) is 10.4 Å². The number of carbonyl (C=O) groups is 1. The van der Waals surface area contributed by atoms with Crippen LogP contribution in [-0.2, 0) is 19.9 Å². The molecular weight excluding hydrogens is 296 g/mol. The van der Waals surface area contributed by atoms with Gasteiger partial charge in [-0.3, -0.25) is 4.72 Å². The first-order valence-corrected chi connectivity index (χ1v) is 8.68. The molecule has 0 radical (unpaired) electrons. The number of aromatic carboxylic acids is 1. The number of carboxylic acid groups (broad SMARTS) is 1. The summed E-state index contributed by atoms with van der Waals surface area (Å²) in [6.45, 7) is 0. The normalized spacial score (nSPS) is 12.1. The topological polar surface area (TPSA) is 130 Å². The highest BCUT2D eigenvalue weighted by Gasteiger charge is 2.15. The lowest BCUT2D eigenvalue weighted by Crippen LogP contribution is -2.22. The van der Waals surface area contributed by atoms with Gasteiger partial charge < -0.3 is 5.11 Å². The molecule has 0 saturated carbocycles. The van der Waals surface area contributed by atoms with E-state index >= 15 is 0 Å². The molecule has 0 atom stereocenters. The monoisotopic (exact) mass is 308 g/mol. The van der Waals surface area contributed by atoms with Crippen molar-refractivity contribution in [1.29, 1.82) is 0 Å². The van der Waals surface area contributed by atoms with Crippen molar-refractivity contribution in [3.05, 3.63) is 23.9 Å². The predicted molar refractivity (Wildman–Crippen MR) is 68.3 cm³/mol. The Kier molecular flexibility index (Phi) is 4.48. The zero-order valence-corrected chi connectivity index (χ0v) is 11.5. The summed E-state index contributed by atoms with van der Waals surface area (Å²) in [6, 6.07) is 2.37. The summed E-state index contributed by atoms with van der Waals surface area (Å²) >= 11 is 0. The molecule has 19 heavy (non-hydrogen) atoms. The summed E-state index contributed by atoms with van der Waals surface area (Å²) in [6.07, 6.45) is 1.93. The molecule has 0 fully saturated rings. The fraction of sp³-hybridized carbons (Fsp3) is 0.333. The Bertz CT molecular complexity index is 663. The quantitative estimate of drug-likeness (QED) is 0.728. The Labute approximate surface area is 110 Å². The summed E-state index contributed by atoms with van der Waals surface area (Å²) in [4.78, 5) is 14.2. The van der Waals surface area contributed by atoms with Gasteiger partial charge in [-0.25, -0.2) is 26.6 Å². The number of anilines is 1. The summed E-state index contributed by atoms with van der Waals surface area (Å²) in [5.41, 5.74) is -0.0842. The van der Waals surface area contributed by atoms with Crippen LogP contribution in [0.5, 0.6) is 0 Å². The Balaban J connectivity index is 2.76. The average Bonchev–Trinajstić information content (AvgIpc) is 2.26. The predicted octanol–water partition coefficient (Wildman–Crippen LogP) is -0.434. The van der Waals surface area contributed by atoms with E-state index in [1.165, 1.54) is 12.1 Å². The van der Waals surface area contributed by atoms with E-state index in [-0.39, 0.29) is 11.4 Å². The zero-order valence-electron chi connectivity index (χ0n) is 9.90. The van der Waals surface area contributed by atoms with Crippen molar-refractivity contribution in [2.24, 2.45) is 0 Å². The summed E-state index contributed by atoms with van der Waals surface area (Å²) in [7, 11) is -7.22. The van der Waals surface area contributed by atoms with Gasteiger partial charge in [0.05, 0.1) is 17.1 Å². The molecule has 106 valence electrons. The smallest absolute Gasteiger partial charge is 0.337 e. The standard InChI is InChI=1S/C9H12N2O6S2/c1-18(14,15)4-5-19(16,17)11-8-3-2-7(6-10-8)9(12)13/h2-3,6H,4-5H2,1H3,(H,10,11)(H,12,13). The first-order valence-electron chi connectivity index (χ1n) is 4.97. The molecular formula is C9H12N2O6S2. The van der Waals surface area contributed by atoms with Crippen LogP contribution in [0, 0.1) is 0 Å². The highest BCUT2D eigenvalue weighted by molar-refractivity contribution is 7.95. The van der Waals surface area contributed by atoms with E-state index in [0.29, 0.717) is 0 Å². The van der Waals surface area contributed by atoms with Crippen LogP contribution in [0.3, 0.4) is 0 Å². The van der Waals surface area contributed by atoms with Crippen LogP contribution in [0.4, 0.5) is 5.82 Å². The van der Waals surface area contributed by atoms with Gasteiger partial charge in [0.1, 0.15) is 15.7 Å². The van der Waals surface area contributed by atoms with Gasteiger partial charge in [0, 0.05) is 12.5 Å². The third kappa shape index (κ3) is 5.66. The Morgan fingerprint density at radius 3 is 2.32 bits per heavy atom. The van der Waals surface area contributed by atoms with Crippen molar-refractivity contribution in [3.8, 4) is 0 Å². The lowest BCUT2D eigenvalue weighted by Gasteiger charge is -2.06. The lowest BCUT2D eigenvalue weighted by molar-refractivity contribution is 0.0696. The number of rotatable bonds is 6. The molecule has 0 aromatic carbocycles. The van der Waals surface area contributed by atoms with E-state index in [4.69, 9.17) is 5.11 Å². The van der Waals surface area contributed by atoms with Gasteiger partial charge in [-0.15, -0.1) is 0 Å². The van der Waals surface area contributed by atoms with Gasteiger partial charge >= 0.3 is 5.97 Å². The summed E-state index contributed by atoms with van der Waals surface area (Å²) in [5.74, 6) is -2.35. The average molecular weight is 308 g/mol. The van der Waals surface area contributed by atoms with Crippen molar-refractivity contribution in [2.75, 3.05) is 22.5 Å². The molecule has 1 aromatic heterocycles. The Hall–Kier alpha value is -1.68. The largest absolute Gasteiger partial charge is 0.478 e. The van der Waals surface area contributed by atoms with Gasteiger partial charge in [0.25, 0.3) is 0 Å². The third-order valence-electron chi connectivity index (χ3n) is 1.99. The van der Waals surface area contributed by atoms with Crippen LogP contribution in [0.25, 0.3) is 0 Å². The number of hydrogen-bond acceptors (Lipinski definition) is 6. The van der Waals surface area contributed by atoms with Crippen molar-refractivity contribution in [3.63, 3.8) is 0 Å². The molecule has 1 rings (SSSR count). The third-order valence-corrected chi connectivity index (χ3v) is 4.46. The molecule has 0 saturated heterocycles. The van der Waals surface area contributed by atoms with E-state index in [2.05, 4.69) is 9.71 Å². The van der Waals surface area contributed by atoms with Gasteiger partial charge in [-0.05, 0) is 12.1 Å². The molecule has 10 heteroatoms. The van der Waals surface area contributed by atoms with Gasteiger partial charge in [0.15, 0.2) is 0 Å². The van der Waals surface area contributed by atoms with Crippen LogP contribution in [0.15, 0.2) is 18.3 Å². The second kappa shape index (κ2) is 5.53. The number of hydrogen-bond donors (Lipinski definition) is 2. The molecule has 8 nitrogen and oxygen atoms in total. The molecule has 0 bridgehead atoms. The number of sulfonamides is 1. The molecule has 1 aromatic rings. The number of pyridine rings is 1. The van der Waals surface area contributed by atoms with Gasteiger partial charge in [0.2, 0.25) is 10.0 Å². The maximum atomic E-state index is 11.5. The summed E-state index contributed by atoms with van der Waals surface area (Å²) in [5, 5.41) is 8.64. The minimum absolute atomic E-state index is 0.0708. The molecule has 0 spiro atoms. The zero-order chi connectivity index (χ0) is 14.7. The Morgan fingerprint density at radius 2 is 1.89 bits per heavy atom. The fourth-order valence-corrected chi connectivity index (χ4v) is 3.68. The number of nitrogens with one attached hydrogen (secondary N) is 1. The van der Waals surface area contributed by atoms with E-state index < -0.39 is 37.3 Å². The van der Waals surface area contributed by atoms with Crippen molar-refractivity contribution >= 4 is 31.6 Å². The Morgan fingerprint density at radius 1 is 1.26 bits per heavy atom. The maximum Gasteiger partial charge on any atom is 0.337 e. The fourth-order valence-electron chi connectivity index (χ4n) is 1.05. The van der Waals surface area contributed by atoms with Crippen LogP contribution in [-0.4, -0.2) is 50.7 Å².